The number of pyridine rings is 1. The molecule has 5 N–H and O–H groups in total. The lowest BCUT2D eigenvalue weighted by atomic mass is 10.1. The summed E-state index contributed by atoms with van der Waals surface area (Å²) >= 11 is 0. The molecule has 1 aromatic carbocycles. The Hall–Kier alpha value is -1.85. The summed E-state index contributed by atoms with van der Waals surface area (Å²) in [4.78, 5) is 14.5. The van der Waals surface area contributed by atoms with Crippen molar-refractivity contribution >= 4 is 16.6 Å². The number of aliphatic hydroxyl groups excluding tert-OH is 1. The molecule has 96 valence electrons. The van der Waals surface area contributed by atoms with Crippen LogP contribution in [0.5, 0.6) is 0 Å². The zero-order chi connectivity index (χ0) is 13.1. The lowest BCUT2D eigenvalue weighted by molar-refractivity contribution is 0.168. The SMILES string of the molecule is CC(O)C(N)CNc1cc2ccccc2c(=O)[nH]1. The molecule has 0 aliphatic rings. The number of benzene rings is 1. The molecule has 1 aromatic heterocycles. The molecule has 1 heterocycles. The monoisotopic (exact) mass is 247 g/mol. The molecular weight excluding hydrogens is 230 g/mol. The molecule has 0 spiro atoms. The number of hydrogen-bond donors (Lipinski definition) is 4. The highest BCUT2D eigenvalue weighted by Gasteiger charge is 2.09. The zero-order valence-corrected chi connectivity index (χ0v) is 10.2. The first-order valence-electron chi connectivity index (χ1n) is 5.87. The predicted octanol–water partition coefficient (Wildman–Crippen LogP) is 0.648. The molecule has 2 unspecified atom stereocenters. The van der Waals surface area contributed by atoms with E-state index in [0.29, 0.717) is 17.7 Å². The maximum absolute atomic E-state index is 11.8. The Morgan fingerprint density at radius 2 is 2.17 bits per heavy atom. The van der Waals surface area contributed by atoms with Crippen molar-refractivity contribution in [3.8, 4) is 0 Å². The van der Waals surface area contributed by atoms with E-state index in [-0.39, 0.29) is 11.6 Å². The van der Waals surface area contributed by atoms with E-state index in [9.17, 15) is 9.90 Å². The first kappa shape index (κ1) is 12.6. The van der Waals surface area contributed by atoms with E-state index in [1.165, 1.54) is 0 Å². The molecule has 0 saturated heterocycles. The quantitative estimate of drug-likeness (QED) is 0.638. The van der Waals surface area contributed by atoms with Crippen molar-refractivity contribution in [2.24, 2.45) is 5.73 Å². The van der Waals surface area contributed by atoms with Gasteiger partial charge in [-0.1, -0.05) is 18.2 Å². The summed E-state index contributed by atoms with van der Waals surface area (Å²) in [5.41, 5.74) is 5.57. The number of hydrogen-bond acceptors (Lipinski definition) is 4. The molecule has 5 nitrogen and oxygen atoms in total. The minimum absolute atomic E-state index is 0.138. The van der Waals surface area contributed by atoms with Gasteiger partial charge < -0.3 is 21.1 Å². The standard InChI is InChI=1S/C13H17N3O2/c1-8(17)11(14)7-15-12-6-9-4-2-3-5-10(9)13(18)16-12/h2-6,8,11,17H,7,14H2,1H3,(H2,15,16,18). The molecular formula is C13H17N3O2. The minimum Gasteiger partial charge on any atom is -0.392 e. The number of aromatic amines is 1. The molecule has 0 radical (unpaired) electrons. The first-order valence-corrected chi connectivity index (χ1v) is 5.87. The van der Waals surface area contributed by atoms with Gasteiger partial charge in [-0.3, -0.25) is 4.79 Å². The van der Waals surface area contributed by atoms with E-state index in [0.717, 1.165) is 5.39 Å². The average Bonchev–Trinajstić information content (AvgIpc) is 2.36. The number of aromatic nitrogens is 1. The smallest absolute Gasteiger partial charge is 0.257 e. The average molecular weight is 247 g/mol. The summed E-state index contributed by atoms with van der Waals surface area (Å²) in [6.45, 7) is 2.03. The maximum Gasteiger partial charge on any atom is 0.257 e. The molecule has 0 saturated carbocycles. The van der Waals surface area contributed by atoms with Crippen molar-refractivity contribution in [2.45, 2.75) is 19.1 Å². The maximum atomic E-state index is 11.8. The van der Waals surface area contributed by atoms with Crippen molar-refractivity contribution in [1.29, 1.82) is 0 Å². The highest BCUT2D eigenvalue weighted by Crippen LogP contribution is 2.12. The van der Waals surface area contributed by atoms with Crippen LogP contribution in [0, 0.1) is 0 Å². The van der Waals surface area contributed by atoms with Gasteiger partial charge in [0.15, 0.2) is 0 Å². The molecule has 18 heavy (non-hydrogen) atoms. The Morgan fingerprint density at radius 1 is 1.44 bits per heavy atom. The summed E-state index contributed by atoms with van der Waals surface area (Å²) in [7, 11) is 0. The van der Waals surface area contributed by atoms with Crippen molar-refractivity contribution < 1.29 is 5.11 Å². The van der Waals surface area contributed by atoms with Crippen LogP contribution < -0.4 is 16.6 Å². The molecule has 2 rings (SSSR count). The molecule has 0 amide bonds. The fraction of sp³-hybridized carbons (Fsp3) is 0.308. The Kier molecular flexibility index (Phi) is 3.64. The highest BCUT2D eigenvalue weighted by molar-refractivity contribution is 5.83. The Balaban J connectivity index is 2.22. The molecule has 2 atom stereocenters. The molecule has 0 bridgehead atoms. The number of nitrogens with two attached hydrogens (primary N) is 1. The fourth-order valence-corrected chi connectivity index (χ4v) is 1.70. The van der Waals surface area contributed by atoms with Gasteiger partial charge in [0.1, 0.15) is 5.82 Å². The van der Waals surface area contributed by atoms with Crippen LogP contribution in [0.1, 0.15) is 6.92 Å². The molecule has 5 heteroatoms. The largest absolute Gasteiger partial charge is 0.392 e. The van der Waals surface area contributed by atoms with E-state index in [1.807, 2.05) is 24.3 Å². The summed E-state index contributed by atoms with van der Waals surface area (Å²) in [5.74, 6) is 0.606. The van der Waals surface area contributed by atoms with Gasteiger partial charge in [0, 0.05) is 18.0 Å². The second-order valence-corrected chi connectivity index (χ2v) is 4.38. The predicted molar refractivity (Wildman–Crippen MR) is 72.7 cm³/mol. The molecule has 0 aliphatic carbocycles. The summed E-state index contributed by atoms with van der Waals surface area (Å²) in [6.07, 6.45) is -0.593. The van der Waals surface area contributed by atoms with E-state index >= 15 is 0 Å². The van der Waals surface area contributed by atoms with Crippen LogP contribution in [0.4, 0.5) is 5.82 Å². The molecule has 2 aromatic rings. The minimum atomic E-state index is -0.593. The van der Waals surface area contributed by atoms with E-state index < -0.39 is 6.10 Å². The summed E-state index contributed by atoms with van der Waals surface area (Å²) < 4.78 is 0. The van der Waals surface area contributed by atoms with Gasteiger partial charge in [-0.15, -0.1) is 0 Å². The topological polar surface area (TPSA) is 91.1 Å². The van der Waals surface area contributed by atoms with E-state index in [4.69, 9.17) is 5.73 Å². The van der Waals surface area contributed by atoms with Gasteiger partial charge in [-0.25, -0.2) is 0 Å². The number of nitrogens with one attached hydrogen (secondary N) is 2. The number of aliphatic hydroxyl groups is 1. The Labute approximate surface area is 105 Å². The van der Waals surface area contributed by atoms with E-state index in [2.05, 4.69) is 10.3 Å². The van der Waals surface area contributed by atoms with Gasteiger partial charge >= 0.3 is 0 Å². The highest BCUT2D eigenvalue weighted by atomic mass is 16.3. The van der Waals surface area contributed by atoms with Crippen LogP contribution in [0.25, 0.3) is 10.8 Å². The van der Waals surface area contributed by atoms with Crippen LogP contribution in [-0.2, 0) is 0 Å². The van der Waals surface area contributed by atoms with Crippen LogP contribution >= 0.6 is 0 Å². The Bertz CT molecular complexity index is 592. The van der Waals surface area contributed by atoms with Gasteiger partial charge in [0.05, 0.1) is 6.10 Å². The van der Waals surface area contributed by atoms with Crippen molar-refractivity contribution in [3.63, 3.8) is 0 Å². The van der Waals surface area contributed by atoms with Crippen molar-refractivity contribution in [3.05, 3.63) is 40.7 Å². The molecule has 0 aliphatic heterocycles. The first-order chi connectivity index (χ1) is 8.58. The summed E-state index contributed by atoms with van der Waals surface area (Å²) in [5, 5.41) is 13.8. The van der Waals surface area contributed by atoms with E-state index in [1.54, 1.807) is 13.0 Å². The van der Waals surface area contributed by atoms with Crippen LogP contribution in [0.3, 0.4) is 0 Å². The van der Waals surface area contributed by atoms with Gasteiger partial charge in [0.2, 0.25) is 0 Å². The van der Waals surface area contributed by atoms with Crippen LogP contribution in [0.15, 0.2) is 35.1 Å². The van der Waals surface area contributed by atoms with Gasteiger partial charge in [-0.05, 0) is 24.4 Å². The summed E-state index contributed by atoms with van der Waals surface area (Å²) in [6, 6.07) is 8.84. The Morgan fingerprint density at radius 3 is 2.89 bits per heavy atom. The number of fused-ring (bicyclic) bond motifs is 1. The number of anilines is 1. The third kappa shape index (κ3) is 2.69. The van der Waals surface area contributed by atoms with Crippen LogP contribution in [0.2, 0.25) is 0 Å². The zero-order valence-electron chi connectivity index (χ0n) is 10.2. The number of rotatable bonds is 4. The third-order valence-electron chi connectivity index (χ3n) is 2.90. The van der Waals surface area contributed by atoms with Gasteiger partial charge in [0.25, 0.3) is 5.56 Å². The van der Waals surface area contributed by atoms with Crippen molar-refractivity contribution in [2.75, 3.05) is 11.9 Å². The van der Waals surface area contributed by atoms with Crippen molar-refractivity contribution in [1.82, 2.24) is 4.98 Å². The normalized spacial score (nSPS) is 14.4. The number of H-pyrrole nitrogens is 1. The van der Waals surface area contributed by atoms with Gasteiger partial charge in [-0.2, -0.15) is 0 Å². The third-order valence-corrected chi connectivity index (χ3v) is 2.90. The van der Waals surface area contributed by atoms with Crippen LogP contribution in [-0.4, -0.2) is 28.8 Å². The fourth-order valence-electron chi connectivity index (χ4n) is 1.70. The second kappa shape index (κ2) is 5.20. The lowest BCUT2D eigenvalue weighted by Gasteiger charge is -2.16. The second-order valence-electron chi connectivity index (χ2n) is 4.38. The molecule has 0 fully saturated rings. The lowest BCUT2D eigenvalue weighted by Crippen LogP contribution is -2.39.